The molecule has 5 heteroatoms. The van der Waals surface area contributed by atoms with E-state index in [9.17, 15) is 9.59 Å². The Labute approximate surface area is 114 Å². The Bertz CT molecular complexity index is 372. The minimum atomic E-state index is -0.540. The van der Waals surface area contributed by atoms with Crippen molar-refractivity contribution >= 4 is 11.8 Å². The Morgan fingerprint density at radius 3 is 2.79 bits per heavy atom. The van der Waals surface area contributed by atoms with Crippen LogP contribution in [-0.2, 0) is 9.59 Å². The van der Waals surface area contributed by atoms with Gasteiger partial charge in [-0.05, 0) is 38.6 Å². The molecule has 2 amide bonds. The lowest BCUT2D eigenvalue weighted by molar-refractivity contribution is -0.132. The van der Waals surface area contributed by atoms with Crippen LogP contribution < -0.4 is 11.1 Å². The van der Waals surface area contributed by atoms with Crippen molar-refractivity contribution in [1.82, 2.24) is 10.2 Å². The van der Waals surface area contributed by atoms with E-state index >= 15 is 0 Å². The number of rotatable bonds is 3. The van der Waals surface area contributed by atoms with Crippen LogP contribution in [0.1, 0.15) is 39.5 Å². The Balaban J connectivity index is 1.89. The molecule has 0 aromatic rings. The van der Waals surface area contributed by atoms with Gasteiger partial charge in [0.2, 0.25) is 11.8 Å². The third-order valence-electron chi connectivity index (χ3n) is 4.75. The fourth-order valence-electron chi connectivity index (χ4n) is 3.08. The van der Waals surface area contributed by atoms with Crippen molar-refractivity contribution in [3.63, 3.8) is 0 Å². The van der Waals surface area contributed by atoms with Crippen LogP contribution in [0.4, 0.5) is 0 Å². The molecule has 0 radical (unpaired) electrons. The quantitative estimate of drug-likeness (QED) is 0.781. The average molecular weight is 267 g/mol. The van der Waals surface area contributed by atoms with Crippen molar-refractivity contribution in [1.29, 1.82) is 0 Å². The summed E-state index contributed by atoms with van der Waals surface area (Å²) in [4.78, 5) is 25.5. The van der Waals surface area contributed by atoms with Gasteiger partial charge in [-0.2, -0.15) is 0 Å². The number of carbonyl (C=O) groups excluding carboxylic acids is 2. The SMILES string of the molecule is CC1CCCNC1CC(=O)N1CCC(C)(C(N)=O)C1. The third-order valence-corrected chi connectivity index (χ3v) is 4.75. The van der Waals surface area contributed by atoms with Crippen molar-refractivity contribution in [2.75, 3.05) is 19.6 Å². The Morgan fingerprint density at radius 1 is 1.47 bits per heavy atom. The van der Waals surface area contributed by atoms with Crippen LogP contribution in [0.3, 0.4) is 0 Å². The van der Waals surface area contributed by atoms with Crippen molar-refractivity contribution < 1.29 is 9.59 Å². The van der Waals surface area contributed by atoms with E-state index in [4.69, 9.17) is 5.73 Å². The highest BCUT2D eigenvalue weighted by Gasteiger charge is 2.41. The molecule has 0 aliphatic carbocycles. The fraction of sp³-hybridized carbons (Fsp3) is 0.857. The van der Waals surface area contributed by atoms with E-state index in [1.807, 2.05) is 6.92 Å². The highest BCUT2D eigenvalue weighted by Crippen LogP contribution is 2.30. The number of amides is 2. The monoisotopic (exact) mass is 267 g/mol. The van der Waals surface area contributed by atoms with Crippen LogP contribution in [0, 0.1) is 11.3 Å². The van der Waals surface area contributed by atoms with Crippen LogP contribution in [0.25, 0.3) is 0 Å². The molecular formula is C14H25N3O2. The molecule has 108 valence electrons. The molecule has 3 unspecified atom stereocenters. The molecule has 0 aromatic heterocycles. The molecule has 2 fully saturated rings. The lowest BCUT2D eigenvalue weighted by Gasteiger charge is -2.31. The first-order valence-corrected chi connectivity index (χ1v) is 7.23. The van der Waals surface area contributed by atoms with Gasteiger partial charge in [-0.1, -0.05) is 6.92 Å². The number of carbonyl (C=O) groups is 2. The zero-order valence-corrected chi connectivity index (χ0v) is 11.9. The molecule has 0 saturated carbocycles. The van der Waals surface area contributed by atoms with Crippen molar-refractivity contribution in [2.24, 2.45) is 17.1 Å². The largest absolute Gasteiger partial charge is 0.369 e. The summed E-state index contributed by atoms with van der Waals surface area (Å²) in [5, 5.41) is 3.43. The minimum Gasteiger partial charge on any atom is -0.369 e. The molecule has 19 heavy (non-hydrogen) atoms. The number of nitrogens with two attached hydrogens (primary N) is 1. The van der Waals surface area contributed by atoms with Gasteiger partial charge in [0.15, 0.2) is 0 Å². The molecule has 2 heterocycles. The number of nitrogens with one attached hydrogen (secondary N) is 1. The van der Waals surface area contributed by atoms with Gasteiger partial charge < -0.3 is 16.0 Å². The molecule has 5 nitrogen and oxygen atoms in total. The Hall–Kier alpha value is -1.10. The van der Waals surface area contributed by atoms with Gasteiger partial charge in [-0.3, -0.25) is 9.59 Å². The summed E-state index contributed by atoms with van der Waals surface area (Å²) in [6.45, 7) is 6.18. The smallest absolute Gasteiger partial charge is 0.225 e. The van der Waals surface area contributed by atoms with Gasteiger partial charge in [0.25, 0.3) is 0 Å². The van der Waals surface area contributed by atoms with E-state index < -0.39 is 5.41 Å². The molecule has 2 aliphatic heterocycles. The van der Waals surface area contributed by atoms with E-state index in [-0.39, 0.29) is 17.9 Å². The zero-order valence-electron chi connectivity index (χ0n) is 11.9. The Kier molecular flexibility index (Phi) is 4.13. The standard InChI is InChI=1S/C14H25N3O2/c1-10-4-3-6-16-11(10)8-12(18)17-7-5-14(2,9-17)13(15)19/h10-11,16H,3-9H2,1-2H3,(H2,15,19). The summed E-state index contributed by atoms with van der Waals surface area (Å²) in [5.41, 5.74) is 4.87. The number of piperidine rings is 1. The van der Waals surface area contributed by atoms with Crippen molar-refractivity contribution in [2.45, 2.75) is 45.6 Å². The van der Waals surface area contributed by atoms with Crippen LogP contribution in [0.2, 0.25) is 0 Å². The summed E-state index contributed by atoms with van der Waals surface area (Å²) in [6.07, 6.45) is 3.59. The summed E-state index contributed by atoms with van der Waals surface area (Å²) in [6, 6.07) is 0.279. The number of hydrogen-bond acceptors (Lipinski definition) is 3. The number of nitrogens with zero attached hydrogens (tertiary/aromatic N) is 1. The van der Waals surface area contributed by atoms with Gasteiger partial charge in [0.05, 0.1) is 5.41 Å². The van der Waals surface area contributed by atoms with Gasteiger partial charge in [-0.25, -0.2) is 0 Å². The van der Waals surface area contributed by atoms with Gasteiger partial charge in [-0.15, -0.1) is 0 Å². The zero-order chi connectivity index (χ0) is 14.0. The summed E-state index contributed by atoms with van der Waals surface area (Å²) < 4.78 is 0. The predicted molar refractivity (Wildman–Crippen MR) is 73.3 cm³/mol. The molecule has 3 atom stereocenters. The van der Waals surface area contributed by atoms with Gasteiger partial charge >= 0.3 is 0 Å². The fourth-order valence-corrected chi connectivity index (χ4v) is 3.08. The first kappa shape index (κ1) is 14.3. The maximum Gasteiger partial charge on any atom is 0.225 e. The summed E-state index contributed by atoms with van der Waals surface area (Å²) in [7, 11) is 0. The maximum atomic E-state index is 12.3. The molecule has 0 spiro atoms. The second-order valence-corrected chi connectivity index (χ2v) is 6.37. The maximum absolute atomic E-state index is 12.3. The molecule has 0 bridgehead atoms. The van der Waals surface area contributed by atoms with Crippen LogP contribution in [0.5, 0.6) is 0 Å². The minimum absolute atomic E-state index is 0.149. The second kappa shape index (κ2) is 5.49. The van der Waals surface area contributed by atoms with E-state index in [0.717, 1.165) is 6.54 Å². The molecule has 3 N–H and O–H groups in total. The molecule has 2 rings (SSSR count). The molecule has 2 saturated heterocycles. The number of hydrogen-bond donors (Lipinski definition) is 2. The predicted octanol–water partition coefficient (Wildman–Crippen LogP) is 0.489. The number of likely N-dealkylation sites (tertiary alicyclic amines) is 1. The summed E-state index contributed by atoms with van der Waals surface area (Å²) >= 11 is 0. The lowest BCUT2D eigenvalue weighted by atomic mass is 9.89. The lowest BCUT2D eigenvalue weighted by Crippen LogP contribution is -2.45. The highest BCUT2D eigenvalue weighted by atomic mass is 16.2. The average Bonchev–Trinajstić information content (AvgIpc) is 2.76. The van der Waals surface area contributed by atoms with E-state index in [0.29, 0.717) is 31.8 Å². The van der Waals surface area contributed by atoms with Crippen molar-refractivity contribution in [3.05, 3.63) is 0 Å². The van der Waals surface area contributed by atoms with Crippen LogP contribution in [0.15, 0.2) is 0 Å². The molecule has 2 aliphatic rings. The molecule has 0 aromatic carbocycles. The van der Waals surface area contributed by atoms with E-state index in [2.05, 4.69) is 12.2 Å². The topological polar surface area (TPSA) is 75.4 Å². The Morgan fingerprint density at radius 2 is 2.21 bits per heavy atom. The molecular weight excluding hydrogens is 242 g/mol. The highest BCUT2D eigenvalue weighted by molar-refractivity contribution is 5.83. The van der Waals surface area contributed by atoms with E-state index in [1.165, 1.54) is 12.8 Å². The first-order valence-electron chi connectivity index (χ1n) is 7.23. The first-order chi connectivity index (χ1) is 8.92. The third kappa shape index (κ3) is 3.08. The van der Waals surface area contributed by atoms with E-state index in [1.54, 1.807) is 4.90 Å². The van der Waals surface area contributed by atoms with Crippen molar-refractivity contribution in [3.8, 4) is 0 Å². The second-order valence-electron chi connectivity index (χ2n) is 6.37. The van der Waals surface area contributed by atoms with Gasteiger partial charge in [0, 0.05) is 25.6 Å². The van der Waals surface area contributed by atoms with Crippen LogP contribution in [-0.4, -0.2) is 42.4 Å². The van der Waals surface area contributed by atoms with Gasteiger partial charge in [0.1, 0.15) is 0 Å². The number of primary amides is 1. The normalized spacial score (nSPS) is 35.4. The van der Waals surface area contributed by atoms with Crippen LogP contribution >= 0.6 is 0 Å². The summed E-state index contributed by atoms with van der Waals surface area (Å²) in [5.74, 6) is 0.394.